The number of halogens is 3. The van der Waals surface area contributed by atoms with E-state index in [1.807, 2.05) is 48.0 Å². The number of anilines is 2. The number of amides is 1. The van der Waals surface area contributed by atoms with Crippen LogP contribution >= 0.6 is 11.8 Å². The fourth-order valence-electron chi connectivity index (χ4n) is 6.16. The maximum absolute atomic E-state index is 14.0. The van der Waals surface area contributed by atoms with E-state index >= 15 is 0 Å². The van der Waals surface area contributed by atoms with Crippen molar-refractivity contribution in [2.24, 2.45) is 0 Å². The van der Waals surface area contributed by atoms with Gasteiger partial charge in [-0.05, 0) is 84.3 Å². The lowest BCUT2D eigenvalue weighted by atomic mass is 9.99. The number of carbonyl (C=O) groups excluding carboxylic acids is 1. The smallest absolute Gasteiger partial charge is 0.418 e. The number of nitrogens with zero attached hydrogens (tertiary/aromatic N) is 3. The Morgan fingerprint density at radius 3 is 2.32 bits per heavy atom. The third-order valence-corrected chi connectivity index (χ3v) is 11.2. The van der Waals surface area contributed by atoms with E-state index in [0.29, 0.717) is 11.8 Å². The summed E-state index contributed by atoms with van der Waals surface area (Å²) in [6.45, 7) is 6.12. The Hall–Kier alpha value is -5.05. The van der Waals surface area contributed by atoms with Crippen molar-refractivity contribution in [3.8, 4) is 16.9 Å². The summed E-state index contributed by atoms with van der Waals surface area (Å²) in [7, 11) is -4.61. The van der Waals surface area contributed by atoms with Gasteiger partial charge in [0.05, 0.1) is 16.7 Å². The first-order chi connectivity index (χ1) is 25.4. The average molecular weight is 762 g/mol. The molecule has 2 heterocycles. The van der Waals surface area contributed by atoms with Crippen molar-refractivity contribution in [2.45, 2.75) is 29.4 Å². The van der Waals surface area contributed by atoms with E-state index in [4.69, 9.17) is 0 Å². The van der Waals surface area contributed by atoms with Crippen LogP contribution in [-0.4, -0.2) is 67.8 Å². The Morgan fingerprint density at radius 1 is 0.906 bits per heavy atom. The highest BCUT2D eigenvalue weighted by molar-refractivity contribution is 7.99. The Labute approximate surface area is 310 Å². The van der Waals surface area contributed by atoms with Crippen molar-refractivity contribution in [1.29, 1.82) is 0 Å². The number of rotatable bonds is 12. The molecule has 9 nitrogen and oxygen atoms in total. The molecule has 1 aromatic heterocycles. The Morgan fingerprint density at radius 2 is 1.64 bits per heavy atom. The molecule has 53 heavy (non-hydrogen) atoms. The van der Waals surface area contributed by atoms with Crippen LogP contribution in [0.4, 0.5) is 24.5 Å². The molecule has 276 valence electrons. The lowest BCUT2D eigenvalue weighted by Crippen LogP contribution is -2.46. The summed E-state index contributed by atoms with van der Waals surface area (Å²) in [5.74, 6) is -0.336. The zero-order valence-corrected chi connectivity index (χ0v) is 30.4. The van der Waals surface area contributed by atoms with Crippen LogP contribution < -0.4 is 14.9 Å². The van der Waals surface area contributed by atoms with Gasteiger partial charge in [0.1, 0.15) is 5.75 Å². The van der Waals surface area contributed by atoms with E-state index in [0.717, 1.165) is 72.1 Å². The number of carbonyl (C=O) groups is 1. The van der Waals surface area contributed by atoms with Gasteiger partial charge in [-0.2, -0.15) is 13.2 Å². The monoisotopic (exact) mass is 761 g/mol. The first-order valence-electron chi connectivity index (χ1n) is 16.9. The zero-order chi connectivity index (χ0) is 37.6. The second-order valence-corrected chi connectivity index (χ2v) is 15.5. The first kappa shape index (κ1) is 37.7. The summed E-state index contributed by atoms with van der Waals surface area (Å²) in [4.78, 5) is 21.9. The van der Waals surface area contributed by atoms with Crippen molar-refractivity contribution in [3.05, 3.63) is 132 Å². The minimum atomic E-state index is -4.83. The second-order valence-electron chi connectivity index (χ2n) is 12.6. The third-order valence-electron chi connectivity index (χ3n) is 8.86. The molecule has 14 heteroatoms. The summed E-state index contributed by atoms with van der Waals surface area (Å²) in [5, 5.41) is 12.5. The SMILES string of the molecule is Cc1cc(CN2CCN(c3ccc(C(=O)NS(=O)(=O)c4ccc(NCCSc5ccccc5)c(C(F)(F)F)c4)cc3)CC2)ccc1-c1cncc(O)c1. The number of nitrogens with one attached hydrogen (secondary N) is 2. The summed E-state index contributed by atoms with van der Waals surface area (Å²) in [6.07, 6.45) is -1.70. The molecule has 0 radical (unpaired) electrons. The fourth-order valence-corrected chi connectivity index (χ4v) is 7.95. The number of benzene rings is 4. The number of sulfonamides is 1. The van der Waals surface area contributed by atoms with Crippen LogP contribution in [0, 0.1) is 6.92 Å². The number of hydrogen-bond donors (Lipinski definition) is 3. The highest BCUT2D eigenvalue weighted by atomic mass is 32.2. The molecule has 0 spiro atoms. The van der Waals surface area contributed by atoms with Gasteiger partial charge < -0.3 is 15.3 Å². The Kier molecular flexibility index (Phi) is 11.6. The molecule has 0 unspecified atom stereocenters. The van der Waals surface area contributed by atoms with Crippen LogP contribution in [0.1, 0.15) is 27.0 Å². The maximum atomic E-state index is 14.0. The molecule has 5 aromatic rings. The highest BCUT2D eigenvalue weighted by Crippen LogP contribution is 2.36. The molecule has 3 N–H and O–H groups in total. The number of thioether (sulfide) groups is 1. The minimum Gasteiger partial charge on any atom is -0.506 e. The van der Waals surface area contributed by atoms with Crippen molar-refractivity contribution in [3.63, 3.8) is 0 Å². The molecule has 1 saturated heterocycles. The second kappa shape index (κ2) is 16.3. The summed E-state index contributed by atoms with van der Waals surface area (Å²) >= 11 is 1.48. The van der Waals surface area contributed by atoms with Gasteiger partial charge in [0.2, 0.25) is 0 Å². The van der Waals surface area contributed by atoms with E-state index in [1.165, 1.54) is 35.7 Å². The Balaban J connectivity index is 1.02. The predicted molar refractivity (Wildman–Crippen MR) is 202 cm³/mol. The molecule has 1 fully saturated rings. The van der Waals surface area contributed by atoms with Crippen LogP contribution in [0.15, 0.2) is 119 Å². The van der Waals surface area contributed by atoms with E-state index in [2.05, 4.69) is 32.2 Å². The topological polar surface area (TPSA) is 115 Å². The number of hydrogen-bond acceptors (Lipinski definition) is 9. The van der Waals surface area contributed by atoms with E-state index in [-0.39, 0.29) is 23.5 Å². The molecule has 0 atom stereocenters. The van der Waals surface area contributed by atoms with Crippen molar-refractivity contribution in [2.75, 3.05) is 48.7 Å². The molecule has 1 aliphatic heterocycles. The van der Waals surface area contributed by atoms with Crippen molar-refractivity contribution < 1.29 is 31.5 Å². The quantitative estimate of drug-likeness (QED) is 0.0883. The van der Waals surface area contributed by atoms with Gasteiger partial charge in [-0.25, -0.2) is 13.1 Å². The molecular formula is C39H38F3N5O4S2. The van der Waals surface area contributed by atoms with Crippen LogP contribution in [0.2, 0.25) is 0 Å². The predicted octanol–water partition coefficient (Wildman–Crippen LogP) is 7.43. The van der Waals surface area contributed by atoms with Crippen LogP contribution in [0.25, 0.3) is 11.1 Å². The molecule has 0 aliphatic carbocycles. The van der Waals surface area contributed by atoms with Crippen LogP contribution in [0.5, 0.6) is 5.75 Å². The van der Waals surface area contributed by atoms with Gasteiger partial charge in [0.25, 0.3) is 15.9 Å². The molecule has 0 bridgehead atoms. The van der Waals surface area contributed by atoms with E-state index < -0.39 is 32.6 Å². The van der Waals surface area contributed by atoms with Gasteiger partial charge in [-0.3, -0.25) is 14.7 Å². The van der Waals surface area contributed by atoms with Gasteiger partial charge in [-0.1, -0.05) is 36.4 Å². The molecule has 6 rings (SSSR count). The van der Waals surface area contributed by atoms with Gasteiger partial charge in [-0.15, -0.1) is 11.8 Å². The molecule has 0 saturated carbocycles. The molecule has 4 aromatic carbocycles. The third kappa shape index (κ3) is 9.69. The normalized spacial score (nSPS) is 13.8. The number of aryl methyl sites for hydroxylation is 1. The lowest BCUT2D eigenvalue weighted by Gasteiger charge is -2.36. The largest absolute Gasteiger partial charge is 0.506 e. The highest BCUT2D eigenvalue weighted by Gasteiger charge is 2.35. The van der Waals surface area contributed by atoms with Gasteiger partial charge in [0.15, 0.2) is 0 Å². The standard InChI is InChI=1S/C39H38F3N5O4S2/c1-27-21-28(7-13-35(27)30-22-32(48)25-43-24-30)26-46-16-18-47(19-17-46)31-10-8-29(9-11-31)38(49)45-53(50,51)34-12-14-37(36(23-34)39(40,41)42)44-15-20-52-33-5-3-2-4-6-33/h2-14,21-25,44,48H,15-20,26H2,1H3,(H,45,49). The van der Waals surface area contributed by atoms with Crippen LogP contribution in [0.3, 0.4) is 0 Å². The number of aromatic nitrogens is 1. The first-order valence-corrected chi connectivity index (χ1v) is 19.3. The van der Waals surface area contributed by atoms with Crippen molar-refractivity contribution in [1.82, 2.24) is 14.6 Å². The van der Waals surface area contributed by atoms with Crippen molar-refractivity contribution >= 4 is 39.1 Å². The summed E-state index contributed by atoms with van der Waals surface area (Å²) in [5.41, 5.74) is 3.67. The Bertz CT molecular complexity index is 2160. The molecule has 1 aliphatic rings. The maximum Gasteiger partial charge on any atom is 0.418 e. The zero-order valence-electron chi connectivity index (χ0n) is 28.8. The molecular weight excluding hydrogens is 724 g/mol. The average Bonchev–Trinajstić information content (AvgIpc) is 3.14. The molecule has 1 amide bonds. The number of aromatic hydroxyl groups is 1. The number of pyridine rings is 1. The van der Waals surface area contributed by atoms with E-state index in [1.54, 1.807) is 24.4 Å². The minimum absolute atomic E-state index is 0.0570. The summed E-state index contributed by atoms with van der Waals surface area (Å²) < 4.78 is 70.0. The number of piperazine rings is 1. The fraction of sp³-hybridized carbons (Fsp3) is 0.231. The van der Waals surface area contributed by atoms with E-state index in [9.17, 15) is 31.5 Å². The summed E-state index contributed by atoms with van der Waals surface area (Å²) in [6, 6.07) is 26.5. The van der Waals surface area contributed by atoms with Gasteiger partial charge >= 0.3 is 6.18 Å². The van der Waals surface area contributed by atoms with Crippen LogP contribution in [-0.2, 0) is 22.7 Å². The number of alkyl halides is 3. The van der Waals surface area contributed by atoms with Gasteiger partial charge in [0, 0.05) is 78.6 Å². The lowest BCUT2D eigenvalue weighted by molar-refractivity contribution is -0.137.